The molecule has 1 unspecified atom stereocenters. The third kappa shape index (κ3) is 1.82. The first-order chi connectivity index (χ1) is 8.75. The number of nitrogens with two attached hydrogens (primary N) is 1. The second kappa shape index (κ2) is 4.33. The molecule has 0 saturated carbocycles. The van der Waals surface area contributed by atoms with E-state index in [9.17, 15) is 0 Å². The fraction of sp³-hybridized carbons (Fsp3) is 0.267. The van der Waals surface area contributed by atoms with Crippen molar-refractivity contribution >= 4 is 11.4 Å². The van der Waals surface area contributed by atoms with E-state index in [0.29, 0.717) is 6.04 Å². The fourth-order valence-corrected chi connectivity index (χ4v) is 2.61. The summed E-state index contributed by atoms with van der Waals surface area (Å²) in [7, 11) is 0. The van der Waals surface area contributed by atoms with Gasteiger partial charge in [-0.25, -0.2) is 0 Å². The molecule has 92 valence electrons. The van der Waals surface area contributed by atoms with Crippen molar-refractivity contribution in [2.75, 3.05) is 10.6 Å². The number of hydrogen-bond donors (Lipinski definition) is 1. The van der Waals surface area contributed by atoms with Crippen LogP contribution >= 0.6 is 0 Å². The van der Waals surface area contributed by atoms with E-state index in [-0.39, 0.29) is 0 Å². The highest BCUT2D eigenvalue weighted by Gasteiger charge is 2.25. The Morgan fingerprint density at radius 3 is 2.94 bits per heavy atom. The summed E-state index contributed by atoms with van der Waals surface area (Å²) >= 11 is 0. The summed E-state index contributed by atoms with van der Waals surface area (Å²) in [4.78, 5) is 6.77. The maximum atomic E-state index is 5.97. The van der Waals surface area contributed by atoms with Crippen LogP contribution in [0, 0.1) is 0 Å². The molecule has 0 aliphatic carbocycles. The van der Waals surface area contributed by atoms with Gasteiger partial charge >= 0.3 is 0 Å². The number of hydrogen-bond acceptors (Lipinski definition) is 3. The number of pyridine rings is 1. The SMILES string of the molecule is CC1Cc2ccccc2N1Cc1ncccc1N. The van der Waals surface area contributed by atoms with E-state index < -0.39 is 0 Å². The van der Waals surface area contributed by atoms with Crippen LogP contribution in [0.4, 0.5) is 11.4 Å². The zero-order valence-electron chi connectivity index (χ0n) is 10.5. The first kappa shape index (κ1) is 11.1. The third-order valence-corrected chi connectivity index (χ3v) is 3.59. The zero-order chi connectivity index (χ0) is 12.5. The third-order valence-electron chi connectivity index (χ3n) is 3.59. The molecule has 3 heteroatoms. The molecule has 2 aromatic rings. The number of nitrogens with zero attached hydrogens (tertiary/aromatic N) is 2. The number of rotatable bonds is 2. The van der Waals surface area contributed by atoms with Crippen LogP contribution in [0.25, 0.3) is 0 Å². The molecule has 0 radical (unpaired) electrons. The Hall–Kier alpha value is -2.03. The largest absolute Gasteiger partial charge is 0.397 e. The summed E-state index contributed by atoms with van der Waals surface area (Å²) in [5.74, 6) is 0. The first-order valence-corrected chi connectivity index (χ1v) is 6.29. The second-order valence-corrected chi connectivity index (χ2v) is 4.85. The number of aromatic nitrogens is 1. The van der Waals surface area contributed by atoms with Gasteiger partial charge in [-0.15, -0.1) is 0 Å². The second-order valence-electron chi connectivity index (χ2n) is 4.85. The number of nitrogen functional groups attached to an aromatic ring is 1. The average Bonchev–Trinajstić information content (AvgIpc) is 2.69. The lowest BCUT2D eigenvalue weighted by atomic mass is 10.1. The van der Waals surface area contributed by atoms with Crippen molar-refractivity contribution in [3.8, 4) is 0 Å². The van der Waals surface area contributed by atoms with Gasteiger partial charge < -0.3 is 10.6 Å². The van der Waals surface area contributed by atoms with Crippen LogP contribution in [0.5, 0.6) is 0 Å². The van der Waals surface area contributed by atoms with Gasteiger partial charge in [-0.05, 0) is 37.1 Å². The Morgan fingerprint density at radius 2 is 2.11 bits per heavy atom. The number of para-hydroxylation sites is 1. The molecule has 0 saturated heterocycles. The van der Waals surface area contributed by atoms with Crippen molar-refractivity contribution in [2.45, 2.75) is 25.9 Å². The Morgan fingerprint density at radius 1 is 1.28 bits per heavy atom. The molecule has 1 aliphatic heterocycles. The van der Waals surface area contributed by atoms with Gasteiger partial charge in [0.2, 0.25) is 0 Å². The van der Waals surface area contributed by atoms with Crippen molar-refractivity contribution < 1.29 is 0 Å². The van der Waals surface area contributed by atoms with Crippen LogP contribution in [0.15, 0.2) is 42.6 Å². The lowest BCUT2D eigenvalue weighted by molar-refractivity contribution is 0.666. The quantitative estimate of drug-likeness (QED) is 0.876. The van der Waals surface area contributed by atoms with Gasteiger partial charge in [0.05, 0.1) is 17.9 Å². The van der Waals surface area contributed by atoms with Crippen molar-refractivity contribution in [2.24, 2.45) is 0 Å². The van der Waals surface area contributed by atoms with Crippen LogP contribution < -0.4 is 10.6 Å². The highest BCUT2D eigenvalue weighted by Crippen LogP contribution is 2.33. The van der Waals surface area contributed by atoms with Gasteiger partial charge in [0.1, 0.15) is 0 Å². The van der Waals surface area contributed by atoms with Gasteiger partial charge in [-0.3, -0.25) is 4.98 Å². The monoisotopic (exact) mass is 239 g/mol. The summed E-state index contributed by atoms with van der Waals surface area (Å²) in [5.41, 5.74) is 10.4. The Kier molecular flexibility index (Phi) is 2.67. The summed E-state index contributed by atoms with van der Waals surface area (Å²) in [5, 5.41) is 0. The highest BCUT2D eigenvalue weighted by atomic mass is 15.2. The average molecular weight is 239 g/mol. The standard InChI is InChI=1S/C15H17N3/c1-11-9-12-5-2-3-7-15(12)18(11)10-14-13(16)6-4-8-17-14/h2-8,11H,9-10,16H2,1H3. The van der Waals surface area contributed by atoms with Gasteiger partial charge in [-0.2, -0.15) is 0 Å². The lowest BCUT2D eigenvalue weighted by Gasteiger charge is -2.25. The van der Waals surface area contributed by atoms with Gasteiger partial charge in [0, 0.05) is 17.9 Å². The van der Waals surface area contributed by atoms with E-state index in [1.165, 1.54) is 11.3 Å². The maximum Gasteiger partial charge on any atom is 0.0825 e. The van der Waals surface area contributed by atoms with Crippen molar-refractivity contribution in [1.29, 1.82) is 0 Å². The lowest BCUT2D eigenvalue weighted by Crippen LogP contribution is -2.29. The Labute approximate surface area is 107 Å². The highest BCUT2D eigenvalue weighted by molar-refractivity contribution is 5.60. The molecule has 0 spiro atoms. The molecule has 1 atom stereocenters. The minimum absolute atomic E-state index is 0.504. The van der Waals surface area contributed by atoms with E-state index in [1.807, 2.05) is 12.1 Å². The Balaban J connectivity index is 1.92. The molecule has 18 heavy (non-hydrogen) atoms. The Bertz CT molecular complexity index is 565. The summed E-state index contributed by atoms with van der Waals surface area (Å²) in [6.45, 7) is 3.03. The molecule has 2 N–H and O–H groups in total. The molecule has 0 amide bonds. The molecule has 3 nitrogen and oxygen atoms in total. The smallest absolute Gasteiger partial charge is 0.0825 e. The van der Waals surface area contributed by atoms with Gasteiger partial charge in [0.15, 0.2) is 0 Å². The molecule has 3 rings (SSSR count). The zero-order valence-corrected chi connectivity index (χ0v) is 10.5. The summed E-state index contributed by atoms with van der Waals surface area (Å²) in [6.07, 6.45) is 2.90. The number of anilines is 2. The fourth-order valence-electron chi connectivity index (χ4n) is 2.61. The van der Waals surface area contributed by atoms with E-state index in [1.54, 1.807) is 6.20 Å². The number of benzene rings is 1. The maximum absolute atomic E-state index is 5.97. The van der Waals surface area contributed by atoms with Crippen LogP contribution in [-0.4, -0.2) is 11.0 Å². The minimum atomic E-state index is 0.504. The van der Waals surface area contributed by atoms with Crippen LogP contribution in [0.2, 0.25) is 0 Å². The minimum Gasteiger partial charge on any atom is -0.397 e. The van der Waals surface area contributed by atoms with E-state index in [2.05, 4.69) is 41.1 Å². The topological polar surface area (TPSA) is 42.2 Å². The van der Waals surface area contributed by atoms with E-state index in [4.69, 9.17) is 5.73 Å². The van der Waals surface area contributed by atoms with Gasteiger partial charge in [0.25, 0.3) is 0 Å². The molecule has 0 fully saturated rings. The van der Waals surface area contributed by atoms with Crippen molar-refractivity contribution in [3.63, 3.8) is 0 Å². The van der Waals surface area contributed by atoms with E-state index in [0.717, 1.165) is 24.3 Å². The predicted octanol–water partition coefficient (Wildman–Crippen LogP) is 2.62. The van der Waals surface area contributed by atoms with E-state index >= 15 is 0 Å². The number of fused-ring (bicyclic) bond motifs is 1. The van der Waals surface area contributed by atoms with Crippen LogP contribution in [0.1, 0.15) is 18.2 Å². The normalized spacial score (nSPS) is 17.8. The first-order valence-electron chi connectivity index (χ1n) is 6.29. The molecule has 1 aromatic carbocycles. The van der Waals surface area contributed by atoms with Crippen LogP contribution in [-0.2, 0) is 13.0 Å². The predicted molar refractivity (Wildman–Crippen MR) is 74.4 cm³/mol. The molecule has 1 aliphatic rings. The van der Waals surface area contributed by atoms with Crippen molar-refractivity contribution in [3.05, 3.63) is 53.9 Å². The molecular weight excluding hydrogens is 222 g/mol. The molecule has 1 aromatic heterocycles. The van der Waals surface area contributed by atoms with Gasteiger partial charge in [-0.1, -0.05) is 18.2 Å². The molecule has 0 bridgehead atoms. The van der Waals surface area contributed by atoms with Crippen molar-refractivity contribution in [1.82, 2.24) is 4.98 Å². The molecule has 2 heterocycles. The molecular formula is C15H17N3. The van der Waals surface area contributed by atoms with Crippen LogP contribution in [0.3, 0.4) is 0 Å². The summed E-state index contributed by atoms with van der Waals surface area (Å²) < 4.78 is 0. The summed E-state index contributed by atoms with van der Waals surface area (Å²) in [6, 6.07) is 12.9.